The van der Waals surface area contributed by atoms with E-state index in [-0.39, 0.29) is 27.4 Å². The third-order valence-corrected chi connectivity index (χ3v) is 22.2. The molecule has 4 aromatic heterocycles. The van der Waals surface area contributed by atoms with Gasteiger partial charge in [0.2, 0.25) is 0 Å². The van der Waals surface area contributed by atoms with Crippen molar-refractivity contribution in [1.82, 2.24) is 18.3 Å². The fourth-order valence-electron chi connectivity index (χ4n) is 16.4. The van der Waals surface area contributed by atoms with E-state index in [0.717, 1.165) is 136 Å². The van der Waals surface area contributed by atoms with Crippen LogP contribution >= 0.6 is 0 Å². The number of halogens is 6. The van der Waals surface area contributed by atoms with Gasteiger partial charge in [-0.3, -0.25) is 0 Å². The topological polar surface area (TPSA) is 67.3 Å². The molecule has 6 nitrogen and oxygen atoms in total. The van der Waals surface area contributed by atoms with Crippen LogP contribution in [0.3, 0.4) is 0 Å². The first-order valence-electron chi connectivity index (χ1n) is 35.5. The molecular weight excluding hydrogens is 1300 g/mol. The van der Waals surface area contributed by atoms with Crippen molar-refractivity contribution in [1.29, 1.82) is 10.5 Å². The van der Waals surface area contributed by atoms with Gasteiger partial charge in [0.25, 0.3) is 0 Å². The summed E-state index contributed by atoms with van der Waals surface area (Å²) in [5, 5.41) is 29.5. The Morgan fingerprint density at radius 1 is 0.327 bits per heavy atom. The van der Waals surface area contributed by atoms with Gasteiger partial charge >= 0.3 is 12.4 Å². The van der Waals surface area contributed by atoms with Crippen LogP contribution in [0.1, 0.15) is 139 Å². The number of para-hydroxylation sites is 4. The van der Waals surface area contributed by atoms with Crippen molar-refractivity contribution >= 4 is 82.4 Å². The van der Waals surface area contributed by atoms with Crippen molar-refractivity contribution in [2.24, 2.45) is 5.41 Å². The normalized spacial score (nSPS) is 13.4. The van der Waals surface area contributed by atoms with Gasteiger partial charge in [-0.1, -0.05) is 208 Å². The minimum Gasteiger partial charge on any atom is -0.309 e. The molecule has 0 saturated carbocycles. The molecule has 516 valence electrons. The number of rotatable bonds is 11. The van der Waals surface area contributed by atoms with Crippen molar-refractivity contribution in [3.63, 3.8) is 0 Å². The first-order chi connectivity index (χ1) is 49.5. The largest absolute Gasteiger partial charge is 0.417 e. The van der Waals surface area contributed by atoms with Gasteiger partial charge in [-0.2, -0.15) is 36.9 Å². The summed E-state index contributed by atoms with van der Waals surface area (Å²) in [6, 6.07) is 74.6. The highest BCUT2D eigenvalue weighted by Gasteiger charge is 2.38. The molecule has 16 rings (SSSR count). The van der Waals surface area contributed by atoms with Crippen LogP contribution in [0.15, 0.2) is 230 Å². The van der Waals surface area contributed by atoms with Crippen LogP contribution in [0.4, 0.5) is 26.3 Å². The van der Waals surface area contributed by atoms with Gasteiger partial charge in [0.1, 0.15) is 12.1 Å². The SMILES string of the molecule is CC(C)(CCC(C)(C)c1ccc2c(c1)c1ccccc1n2-c1cc(C#N)c(-n2c3ccccc3c3cc(C(C)(C)C)ccc32)cc1-c1ccccc1C(F)(F)F)C1=Cc2c(c3ccccc3n2-c2cc(-c3ccccc3C(F)(F)F)c(-n3c4ccccc4c4ccc(C(C)(C)C)cc43)cc2C#N)CC1. The summed E-state index contributed by atoms with van der Waals surface area (Å²) in [7, 11) is 0. The molecule has 0 radical (unpaired) electrons. The summed E-state index contributed by atoms with van der Waals surface area (Å²) in [5.41, 5.74) is 12.4. The smallest absolute Gasteiger partial charge is 0.309 e. The van der Waals surface area contributed by atoms with Crippen molar-refractivity contribution in [2.75, 3.05) is 0 Å². The second-order valence-corrected chi connectivity index (χ2v) is 31.5. The van der Waals surface area contributed by atoms with Crippen LogP contribution in [0.2, 0.25) is 0 Å². The molecule has 0 unspecified atom stereocenters. The molecular formula is C92H76F6N6. The van der Waals surface area contributed by atoms with Gasteiger partial charge in [-0.05, 0) is 178 Å². The van der Waals surface area contributed by atoms with Crippen molar-refractivity contribution in [3.05, 3.63) is 280 Å². The highest BCUT2D eigenvalue weighted by atomic mass is 19.4. The molecule has 0 amide bonds. The third kappa shape index (κ3) is 11.0. The predicted octanol–water partition coefficient (Wildman–Crippen LogP) is 25.7. The van der Waals surface area contributed by atoms with Crippen molar-refractivity contribution in [3.8, 4) is 57.1 Å². The number of hydrogen-bond donors (Lipinski definition) is 0. The maximum absolute atomic E-state index is 15.6. The van der Waals surface area contributed by atoms with E-state index in [0.29, 0.717) is 51.4 Å². The molecule has 0 saturated heterocycles. The Hall–Kier alpha value is -11.3. The fourth-order valence-corrected chi connectivity index (χ4v) is 16.4. The van der Waals surface area contributed by atoms with Gasteiger partial charge in [-0.25, -0.2) is 0 Å². The minimum absolute atomic E-state index is 0.000348. The lowest BCUT2D eigenvalue weighted by Gasteiger charge is -2.35. The molecule has 15 aromatic rings. The average molecular weight is 1380 g/mol. The number of nitriles is 2. The number of aromatic nitrogens is 4. The Balaban J connectivity index is 0.800. The molecule has 0 fully saturated rings. The number of allylic oxidation sites excluding steroid dienone is 1. The van der Waals surface area contributed by atoms with Gasteiger partial charge in [0, 0.05) is 48.8 Å². The van der Waals surface area contributed by atoms with Crippen LogP contribution in [0, 0.1) is 28.1 Å². The number of benzene rings is 11. The molecule has 0 atom stereocenters. The Labute approximate surface area is 600 Å². The maximum Gasteiger partial charge on any atom is 0.417 e. The van der Waals surface area contributed by atoms with E-state index in [2.05, 4.69) is 159 Å². The number of hydrogen-bond acceptors (Lipinski definition) is 2. The monoisotopic (exact) mass is 1380 g/mol. The van der Waals surface area contributed by atoms with Gasteiger partial charge < -0.3 is 18.3 Å². The van der Waals surface area contributed by atoms with Crippen molar-refractivity contribution < 1.29 is 26.3 Å². The minimum atomic E-state index is -4.71. The quantitative estimate of drug-likeness (QED) is 0.121. The second kappa shape index (κ2) is 24.1. The molecule has 1 aliphatic rings. The van der Waals surface area contributed by atoms with Crippen molar-refractivity contribution in [2.45, 2.75) is 124 Å². The summed E-state index contributed by atoms with van der Waals surface area (Å²) in [4.78, 5) is 0. The molecule has 104 heavy (non-hydrogen) atoms. The zero-order valence-corrected chi connectivity index (χ0v) is 59.7. The average Bonchev–Trinajstić information content (AvgIpc) is 1.55. The molecule has 12 heteroatoms. The van der Waals surface area contributed by atoms with Crippen LogP contribution in [-0.4, -0.2) is 18.3 Å². The summed E-state index contributed by atoms with van der Waals surface area (Å²) >= 11 is 0. The van der Waals surface area contributed by atoms with Crippen LogP contribution in [-0.2, 0) is 35.0 Å². The Morgan fingerprint density at radius 2 is 0.702 bits per heavy atom. The zero-order chi connectivity index (χ0) is 72.9. The maximum atomic E-state index is 15.6. The predicted molar refractivity (Wildman–Crippen MR) is 413 cm³/mol. The Morgan fingerprint density at radius 3 is 1.20 bits per heavy atom. The van der Waals surface area contributed by atoms with Gasteiger partial charge in [0.05, 0.1) is 89.3 Å². The number of alkyl halides is 6. The third-order valence-electron chi connectivity index (χ3n) is 22.2. The second-order valence-electron chi connectivity index (χ2n) is 31.5. The lowest BCUT2D eigenvalue weighted by atomic mass is 9.70. The van der Waals surface area contributed by atoms with Crippen LogP contribution in [0.5, 0.6) is 0 Å². The lowest BCUT2D eigenvalue weighted by Crippen LogP contribution is -2.24. The van der Waals surface area contributed by atoms with E-state index in [1.54, 1.807) is 30.3 Å². The fraction of sp³-hybridized carbons (Fsp3) is 0.217. The lowest BCUT2D eigenvalue weighted by molar-refractivity contribution is -0.137. The van der Waals surface area contributed by atoms with Crippen LogP contribution in [0.25, 0.3) is 127 Å². The molecule has 1 aliphatic carbocycles. The van der Waals surface area contributed by atoms with Gasteiger partial charge in [-0.15, -0.1) is 0 Å². The van der Waals surface area contributed by atoms with Crippen LogP contribution < -0.4 is 0 Å². The molecule has 0 aliphatic heterocycles. The Bertz CT molecular complexity index is 6200. The highest BCUT2D eigenvalue weighted by molar-refractivity contribution is 6.13. The summed E-state index contributed by atoms with van der Waals surface area (Å²) in [6.45, 7) is 22.0. The van der Waals surface area contributed by atoms with Gasteiger partial charge in [0.15, 0.2) is 0 Å². The molecule has 0 bridgehead atoms. The Kier molecular flexibility index (Phi) is 15.6. The first-order valence-corrected chi connectivity index (χ1v) is 35.5. The number of nitrogens with zero attached hydrogens (tertiary/aromatic N) is 6. The zero-order valence-electron chi connectivity index (χ0n) is 59.7. The van der Waals surface area contributed by atoms with E-state index >= 15 is 26.3 Å². The van der Waals surface area contributed by atoms with E-state index in [4.69, 9.17) is 0 Å². The molecule has 11 aromatic carbocycles. The highest BCUT2D eigenvalue weighted by Crippen LogP contribution is 2.51. The number of aryl methyl sites for hydroxylation is 1. The summed E-state index contributed by atoms with van der Waals surface area (Å²) < 4.78 is 101. The summed E-state index contributed by atoms with van der Waals surface area (Å²) in [6.07, 6.45) is -4.17. The standard InChI is InChI=1S/C92H76F6N6/c1-87(2,3)57-37-41-79-69(47-57)65-27-15-21-33-77(65)101(79)81-51-71(61-23-11-17-29-73(61)91(93,94)95)83(45-55(81)53-99)102-78-34-22-16-28-66(78)70-48-59(38-42-80(70)102)89(7,8)43-44-90(9,10)60-36-40-68-63-25-13-19-31-75(63)103(86(68)50-60)82-52-72(62-24-12-18-30-74(62)92(96,97)98)84(46-56(82)54-100)104-76-32-20-14-26-64(76)67-39-35-58(49-85(67)104)88(4,5)6/h11-35,37-39,41-42,45-52H,36,40,43-44H2,1-10H3. The van der Waals surface area contributed by atoms with E-state index in [1.807, 2.05) is 105 Å². The first kappa shape index (κ1) is 67.2. The van der Waals surface area contributed by atoms with E-state index in [1.165, 1.54) is 29.8 Å². The number of fused-ring (bicyclic) bond motifs is 12. The molecule has 4 heterocycles. The molecule has 0 spiro atoms. The van der Waals surface area contributed by atoms with E-state index in [9.17, 15) is 10.5 Å². The summed E-state index contributed by atoms with van der Waals surface area (Å²) in [5.74, 6) is 0. The molecule has 0 N–H and O–H groups in total. The van der Waals surface area contributed by atoms with E-state index < -0.39 is 28.9 Å².